The molecule has 0 bridgehead atoms. The topological polar surface area (TPSA) is 29.5 Å². The van der Waals surface area contributed by atoms with Gasteiger partial charge in [0.2, 0.25) is 0 Å². The predicted molar refractivity (Wildman–Crippen MR) is 95.5 cm³/mol. The summed E-state index contributed by atoms with van der Waals surface area (Å²) in [6.45, 7) is 7.87. The van der Waals surface area contributed by atoms with Crippen LogP contribution in [0.3, 0.4) is 0 Å². The van der Waals surface area contributed by atoms with Crippen LogP contribution in [0.25, 0.3) is 0 Å². The van der Waals surface area contributed by atoms with Gasteiger partial charge in [-0.3, -0.25) is 0 Å². The lowest BCUT2D eigenvalue weighted by molar-refractivity contribution is -0.111. The van der Waals surface area contributed by atoms with Crippen molar-refractivity contribution in [3.8, 4) is 0 Å². The molecule has 2 nitrogen and oxygen atoms in total. The van der Waals surface area contributed by atoms with Gasteiger partial charge in [0, 0.05) is 5.41 Å². The molecule has 7 atom stereocenters. The van der Waals surface area contributed by atoms with E-state index >= 15 is 0 Å². The number of ether oxygens (including phenoxy) is 1. The predicted octanol–water partition coefficient (Wildman–Crippen LogP) is 4.64. The second kappa shape index (κ2) is 5.20. The molecule has 1 aliphatic heterocycles. The molecule has 1 heterocycles. The fourth-order valence-corrected chi connectivity index (χ4v) is 7.78. The molecule has 24 heavy (non-hydrogen) atoms. The van der Waals surface area contributed by atoms with Crippen molar-refractivity contribution in [3.63, 3.8) is 0 Å². The van der Waals surface area contributed by atoms with Gasteiger partial charge in [0.05, 0.1) is 18.3 Å². The highest BCUT2D eigenvalue weighted by atomic mass is 16.5. The summed E-state index contributed by atoms with van der Waals surface area (Å²) in [7, 11) is 0. The fraction of sp³-hybridized carbons (Fsp3) is 0.818. The number of hydrogen-bond acceptors (Lipinski definition) is 2. The summed E-state index contributed by atoms with van der Waals surface area (Å²) in [5, 5.41) is 10.0. The van der Waals surface area contributed by atoms with E-state index in [1.54, 1.807) is 5.57 Å². The van der Waals surface area contributed by atoms with E-state index in [1.165, 1.54) is 50.5 Å². The van der Waals surface area contributed by atoms with E-state index in [0.29, 0.717) is 5.41 Å². The zero-order valence-electron chi connectivity index (χ0n) is 15.1. The number of fused-ring (bicyclic) bond motifs is 6. The summed E-state index contributed by atoms with van der Waals surface area (Å²) in [6.07, 6.45) is 13.1. The molecule has 5 rings (SSSR count). The van der Waals surface area contributed by atoms with Gasteiger partial charge in [0.15, 0.2) is 0 Å². The Kier molecular flexibility index (Phi) is 3.39. The van der Waals surface area contributed by atoms with E-state index in [1.807, 2.05) is 0 Å². The van der Waals surface area contributed by atoms with Gasteiger partial charge in [0.25, 0.3) is 0 Å². The summed E-state index contributed by atoms with van der Waals surface area (Å²) in [6, 6.07) is 0. The first-order chi connectivity index (χ1) is 11.6. The van der Waals surface area contributed by atoms with Gasteiger partial charge in [-0.2, -0.15) is 0 Å². The second-order valence-electron chi connectivity index (χ2n) is 9.49. The molecule has 3 saturated carbocycles. The molecule has 4 fully saturated rings. The van der Waals surface area contributed by atoms with Crippen molar-refractivity contribution in [1.82, 2.24) is 0 Å². The van der Waals surface area contributed by atoms with Gasteiger partial charge in [-0.1, -0.05) is 25.2 Å². The maximum atomic E-state index is 10.0. The van der Waals surface area contributed by atoms with Crippen LogP contribution in [-0.2, 0) is 4.74 Å². The Morgan fingerprint density at radius 2 is 1.96 bits per heavy atom. The molecule has 0 radical (unpaired) electrons. The first kappa shape index (κ1) is 15.6. The molecule has 0 aromatic rings. The van der Waals surface area contributed by atoms with Gasteiger partial charge in [-0.05, 0) is 87.0 Å². The molecule has 5 aliphatic rings. The van der Waals surface area contributed by atoms with Crippen molar-refractivity contribution in [3.05, 3.63) is 23.8 Å². The lowest BCUT2D eigenvalue weighted by Crippen LogP contribution is -2.53. The normalized spacial score (nSPS) is 53.5. The van der Waals surface area contributed by atoms with Crippen molar-refractivity contribution in [2.45, 2.75) is 76.4 Å². The molecule has 0 amide bonds. The van der Waals surface area contributed by atoms with Gasteiger partial charge in [-0.15, -0.1) is 0 Å². The standard InChI is InChI=1S/C22H32O2/c1-14-9-12-24-22(14)11-8-20-19-5-3-15-13-16(23)4-6-17(15)18(19)7-10-21(20,22)2/h13,16-20,23H,1,3-12H2,2H3/t16-,17-,18+,19+,20-,21-,22-/m0/s1. The van der Waals surface area contributed by atoms with Crippen LogP contribution >= 0.6 is 0 Å². The average Bonchev–Trinajstić information content (AvgIpc) is 3.09. The molecule has 1 saturated heterocycles. The Balaban J connectivity index is 1.47. The van der Waals surface area contributed by atoms with Crippen molar-refractivity contribution in [2.24, 2.45) is 29.1 Å². The van der Waals surface area contributed by atoms with Crippen molar-refractivity contribution < 1.29 is 9.84 Å². The Hall–Kier alpha value is -0.600. The Labute approximate surface area is 146 Å². The third kappa shape index (κ3) is 1.85. The van der Waals surface area contributed by atoms with Crippen LogP contribution in [0.4, 0.5) is 0 Å². The van der Waals surface area contributed by atoms with Crippen LogP contribution in [0.15, 0.2) is 23.8 Å². The average molecular weight is 328 g/mol. The van der Waals surface area contributed by atoms with Crippen molar-refractivity contribution in [2.75, 3.05) is 6.61 Å². The van der Waals surface area contributed by atoms with Crippen LogP contribution in [0.5, 0.6) is 0 Å². The second-order valence-corrected chi connectivity index (χ2v) is 9.49. The Morgan fingerprint density at radius 3 is 2.75 bits per heavy atom. The van der Waals surface area contributed by atoms with Gasteiger partial charge in [0.1, 0.15) is 0 Å². The molecule has 132 valence electrons. The Bertz CT molecular complexity index is 593. The monoisotopic (exact) mass is 328 g/mol. The number of aliphatic hydroxyl groups excluding tert-OH is 1. The first-order valence-electron chi connectivity index (χ1n) is 10.3. The zero-order valence-corrected chi connectivity index (χ0v) is 15.1. The first-order valence-corrected chi connectivity index (χ1v) is 10.3. The molecule has 0 aromatic carbocycles. The summed E-state index contributed by atoms with van der Waals surface area (Å²) >= 11 is 0. The van der Waals surface area contributed by atoms with Gasteiger partial charge in [-0.25, -0.2) is 0 Å². The smallest absolute Gasteiger partial charge is 0.0945 e. The highest BCUT2D eigenvalue weighted by molar-refractivity contribution is 5.29. The van der Waals surface area contributed by atoms with Crippen LogP contribution in [0.1, 0.15) is 64.7 Å². The summed E-state index contributed by atoms with van der Waals surface area (Å²) in [4.78, 5) is 0. The van der Waals surface area contributed by atoms with Crippen LogP contribution in [0, 0.1) is 29.1 Å². The van der Waals surface area contributed by atoms with Crippen LogP contribution in [0.2, 0.25) is 0 Å². The molecule has 1 N–H and O–H groups in total. The number of allylic oxidation sites excluding steroid dienone is 1. The minimum atomic E-state index is -0.174. The molecule has 2 heteroatoms. The lowest BCUT2D eigenvalue weighted by Gasteiger charge is -2.56. The summed E-state index contributed by atoms with van der Waals surface area (Å²) in [5.41, 5.74) is 3.30. The molecule has 0 aromatic heterocycles. The highest BCUT2D eigenvalue weighted by Gasteiger charge is 2.65. The maximum Gasteiger partial charge on any atom is 0.0945 e. The van der Waals surface area contributed by atoms with E-state index in [-0.39, 0.29) is 11.7 Å². The highest BCUT2D eigenvalue weighted by Crippen LogP contribution is 2.68. The summed E-state index contributed by atoms with van der Waals surface area (Å²) in [5.74, 6) is 3.32. The fourth-order valence-electron chi connectivity index (χ4n) is 7.78. The van der Waals surface area contributed by atoms with E-state index in [0.717, 1.165) is 43.1 Å². The largest absolute Gasteiger partial charge is 0.389 e. The van der Waals surface area contributed by atoms with Crippen molar-refractivity contribution >= 4 is 0 Å². The van der Waals surface area contributed by atoms with Crippen molar-refractivity contribution in [1.29, 1.82) is 0 Å². The minimum absolute atomic E-state index is 0.00150. The van der Waals surface area contributed by atoms with E-state index < -0.39 is 0 Å². The van der Waals surface area contributed by atoms with Gasteiger partial charge >= 0.3 is 0 Å². The molecular formula is C22H32O2. The number of rotatable bonds is 0. The molecule has 0 unspecified atom stereocenters. The van der Waals surface area contributed by atoms with E-state index in [9.17, 15) is 5.11 Å². The van der Waals surface area contributed by atoms with Gasteiger partial charge < -0.3 is 9.84 Å². The molecular weight excluding hydrogens is 296 g/mol. The zero-order chi connectivity index (χ0) is 16.5. The lowest BCUT2D eigenvalue weighted by atomic mass is 9.50. The third-order valence-electron chi connectivity index (χ3n) is 8.87. The van der Waals surface area contributed by atoms with Crippen LogP contribution < -0.4 is 0 Å². The number of aliphatic hydroxyl groups is 1. The molecule has 4 aliphatic carbocycles. The third-order valence-corrected chi connectivity index (χ3v) is 8.87. The SMILES string of the molecule is C=C1CCO[C@@]12CC[C@H]1[C@@H]3CCC4=C[C@@H](O)CC[C@@H]4[C@H]3CC[C@@]12C. The van der Waals surface area contributed by atoms with E-state index in [4.69, 9.17) is 4.74 Å². The maximum absolute atomic E-state index is 10.0. The van der Waals surface area contributed by atoms with E-state index in [2.05, 4.69) is 19.6 Å². The summed E-state index contributed by atoms with van der Waals surface area (Å²) < 4.78 is 6.44. The Morgan fingerprint density at radius 1 is 1.08 bits per heavy atom. The van der Waals surface area contributed by atoms with Crippen LogP contribution in [-0.4, -0.2) is 23.4 Å². The number of hydrogen-bond donors (Lipinski definition) is 1. The quantitative estimate of drug-likeness (QED) is 0.657. The minimum Gasteiger partial charge on any atom is -0.389 e. The molecule has 1 spiro atoms.